The Labute approximate surface area is 221 Å². The van der Waals surface area contributed by atoms with E-state index in [-0.39, 0.29) is 11.5 Å². The van der Waals surface area contributed by atoms with E-state index in [0.717, 1.165) is 34.9 Å². The van der Waals surface area contributed by atoms with Gasteiger partial charge < -0.3 is 10.6 Å². The first-order valence-corrected chi connectivity index (χ1v) is 11.9. The molecule has 3 aromatic heterocycles. The van der Waals surface area contributed by atoms with Gasteiger partial charge in [0.2, 0.25) is 0 Å². The summed E-state index contributed by atoms with van der Waals surface area (Å²) in [6, 6.07) is 9.42. The number of urea groups is 1. The van der Waals surface area contributed by atoms with E-state index in [1.165, 1.54) is 6.07 Å². The van der Waals surface area contributed by atoms with E-state index >= 15 is 0 Å². The van der Waals surface area contributed by atoms with Gasteiger partial charge in [-0.25, -0.2) is 19.7 Å². The number of benzene rings is 1. The number of halogens is 4. The molecule has 0 fully saturated rings. The zero-order valence-corrected chi connectivity index (χ0v) is 21.4. The predicted molar refractivity (Wildman–Crippen MR) is 139 cm³/mol. The zero-order valence-electron chi connectivity index (χ0n) is 20.6. The van der Waals surface area contributed by atoms with Crippen molar-refractivity contribution >= 4 is 40.8 Å². The molecule has 0 aliphatic carbocycles. The maximum Gasteiger partial charge on any atom is 0.417 e. The molecule has 1 aromatic carbocycles. The van der Waals surface area contributed by atoms with E-state index in [2.05, 4.69) is 54.9 Å². The number of nitrogens with zero attached hydrogens (tertiary/aromatic N) is 4. The van der Waals surface area contributed by atoms with Crippen LogP contribution in [0.3, 0.4) is 0 Å². The van der Waals surface area contributed by atoms with E-state index in [1.807, 2.05) is 19.1 Å². The molecule has 0 saturated carbocycles. The minimum atomic E-state index is -4.64. The molecule has 4 aromatic rings. The molecule has 0 saturated heterocycles. The van der Waals surface area contributed by atoms with Crippen molar-refractivity contribution in [2.45, 2.75) is 39.3 Å². The number of aryl methyl sites for hydroxylation is 1. The summed E-state index contributed by atoms with van der Waals surface area (Å²) in [7, 11) is 0. The van der Waals surface area contributed by atoms with Crippen molar-refractivity contribution in [3.8, 4) is 0 Å². The smallest absolute Gasteiger partial charge is 0.325 e. The van der Waals surface area contributed by atoms with Gasteiger partial charge in [0.05, 0.1) is 16.3 Å². The normalized spacial score (nSPS) is 11.5. The Morgan fingerprint density at radius 2 is 1.84 bits per heavy atom. The lowest BCUT2D eigenvalue weighted by Gasteiger charge is -2.12. The van der Waals surface area contributed by atoms with Crippen LogP contribution in [0.25, 0.3) is 0 Å². The molecule has 0 atom stereocenters. The summed E-state index contributed by atoms with van der Waals surface area (Å²) >= 11 is 5.61. The fraction of sp³-hybridized carbons (Fsp3) is 0.240. The van der Waals surface area contributed by atoms with Gasteiger partial charge in [0.1, 0.15) is 23.3 Å². The Balaban J connectivity index is 1.38. The second kappa shape index (κ2) is 11.1. The molecule has 0 aliphatic rings. The summed E-state index contributed by atoms with van der Waals surface area (Å²) in [5.41, 5.74) is 1.41. The van der Waals surface area contributed by atoms with Gasteiger partial charge in [0.15, 0.2) is 0 Å². The number of carbonyl (C=O) groups excluding carboxylic acids is 1. The second-order valence-electron chi connectivity index (χ2n) is 8.80. The molecule has 38 heavy (non-hydrogen) atoms. The van der Waals surface area contributed by atoms with Crippen molar-refractivity contribution < 1.29 is 18.0 Å². The molecule has 4 rings (SSSR count). The Morgan fingerprint density at radius 1 is 1.05 bits per heavy atom. The standard InChI is InChI=1S/C25H24ClF3N8O/c1-13(2)19-11-23(37-36-19)34-21-8-14(3)31-22(33-21)9-15-4-7-20(30-12-15)35-24(38)32-16-5-6-18(26)17(10-16)25(27,28)29/h4-8,10-13H,9H2,1-3H3,(H2,30,32,35,38)(H2,31,33,34,36,37). The SMILES string of the molecule is Cc1cc(Nc2cc(C(C)C)n[nH]2)nc(Cc2ccc(NC(=O)Nc3ccc(Cl)c(C(F)(F)F)c3)nc2)n1. The molecule has 13 heteroatoms. The summed E-state index contributed by atoms with van der Waals surface area (Å²) < 4.78 is 39.1. The molecule has 4 N–H and O–H groups in total. The van der Waals surface area contributed by atoms with Crippen LogP contribution in [0.15, 0.2) is 48.7 Å². The highest BCUT2D eigenvalue weighted by Crippen LogP contribution is 2.36. The Morgan fingerprint density at radius 3 is 2.50 bits per heavy atom. The fourth-order valence-corrected chi connectivity index (χ4v) is 3.72. The predicted octanol–water partition coefficient (Wildman–Crippen LogP) is 6.68. The number of rotatable bonds is 7. The van der Waals surface area contributed by atoms with Crippen LogP contribution in [-0.4, -0.2) is 31.2 Å². The highest BCUT2D eigenvalue weighted by atomic mass is 35.5. The van der Waals surface area contributed by atoms with E-state index in [0.29, 0.717) is 24.0 Å². The number of hydrogen-bond donors (Lipinski definition) is 4. The average molecular weight is 545 g/mol. The quantitative estimate of drug-likeness (QED) is 0.206. The van der Waals surface area contributed by atoms with E-state index in [4.69, 9.17) is 11.6 Å². The van der Waals surface area contributed by atoms with Gasteiger partial charge >= 0.3 is 12.2 Å². The Kier molecular flexibility index (Phi) is 7.81. The largest absolute Gasteiger partial charge is 0.417 e. The molecular weight excluding hydrogens is 521 g/mol. The summed E-state index contributed by atoms with van der Waals surface area (Å²) in [6.07, 6.45) is -2.69. The number of carbonyl (C=O) groups is 1. The zero-order chi connectivity index (χ0) is 27.4. The third-order valence-corrected chi connectivity index (χ3v) is 5.64. The number of nitrogens with one attached hydrogen (secondary N) is 4. The molecular formula is C25H24ClF3N8O. The highest BCUT2D eigenvalue weighted by Gasteiger charge is 2.33. The molecule has 0 unspecified atom stereocenters. The number of anilines is 4. The third kappa shape index (κ3) is 6.97. The average Bonchev–Trinajstić information content (AvgIpc) is 3.29. The van der Waals surface area contributed by atoms with Crippen molar-refractivity contribution in [2.24, 2.45) is 0 Å². The maximum atomic E-state index is 13.0. The number of pyridine rings is 1. The van der Waals surface area contributed by atoms with Crippen LogP contribution < -0.4 is 16.0 Å². The van der Waals surface area contributed by atoms with E-state index < -0.39 is 22.8 Å². The van der Waals surface area contributed by atoms with Crippen LogP contribution in [0, 0.1) is 6.92 Å². The van der Waals surface area contributed by atoms with Crippen LogP contribution in [0.2, 0.25) is 5.02 Å². The van der Waals surface area contributed by atoms with Gasteiger partial charge in [0, 0.05) is 36.1 Å². The van der Waals surface area contributed by atoms with E-state index in [1.54, 1.807) is 18.3 Å². The van der Waals surface area contributed by atoms with Gasteiger partial charge in [-0.1, -0.05) is 31.5 Å². The lowest BCUT2D eigenvalue weighted by Crippen LogP contribution is -2.20. The van der Waals surface area contributed by atoms with Crippen LogP contribution in [-0.2, 0) is 12.6 Å². The monoisotopic (exact) mass is 544 g/mol. The lowest BCUT2D eigenvalue weighted by molar-refractivity contribution is -0.137. The van der Waals surface area contributed by atoms with Crippen LogP contribution in [0.4, 0.5) is 41.1 Å². The lowest BCUT2D eigenvalue weighted by atomic mass is 10.1. The molecule has 9 nitrogen and oxygen atoms in total. The molecule has 198 valence electrons. The Bertz CT molecular complexity index is 1440. The van der Waals surface area contributed by atoms with Crippen molar-refractivity contribution in [2.75, 3.05) is 16.0 Å². The summed E-state index contributed by atoms with van der Waals surface area (Å²) in [5, 5.41) is 14.8. The van der Waals surface area contributed by atoms with Crippen molar-refractivity contribution in [3.63, 3.8) is 0 Å². The molecule has 2 amide bonds. The molecule has 3 heterocycles. The highest BCUT2D eigenvalue weighted by molar-refractivity contribution is 6.31. The number of aromatic amines is 1. The number of H-pyrrole nitrogens is 1. The first-order chi connectivity index (χ1) is 18.0. The topological polar surface area (TPSA) is 121 Å². The number of amides is 2. The number of alkyl halides is 3. The van der Waals surface area contributed by atoms with Gasteiger partial charge in [-0.2, -0.15) is 18.3 Å². The molecule has 0 radical (unpaired) electrons. The maximum absolute atomic E-state index is 13.0. The first-order valence-electron chi connectivity index (χ1n) is 11.5. The van der Waals surface area contributed by atoms with Crippen LogP contribution in [0.1, 0.15) is 48.1 Å². The van der Waals surface area contributed by atoms with E-state index in [9.17, 15) is 18.0 Å². The van der Waals surface area contributed by atoms with Gasteiger partial charge in [-0.3, -0.25) is 10.4 Å². The number of hydrogen-bond acceptors (Lipinski definition) is 6. The third-order valence-electron chi connectivity index (χ3n) is 5.31. The minimum absolute atomic E-state index is 0.0626. The molecule has 0 aliphatic heterocycles. The first kappa shape index (κ1) is 26.9. The number of aromatic nitrogens is 5. The van der Waals surface area contributed by atoms with Crippen LogP contribution in [0.5, 0.6) is 0 Å². The molecule has 0 bridgehead atoms. The summed E-state index contributed by atoms with van der Waals surface area (Å²) in [5.74, 6) is 2.41. The summed E-state index contributed by atoms with van der Waals surface area (Å²) in [4.78, 5) is 25.5. The van der Waals surface area contributed by atoms with Gasteiger partial charge in [0.25, 0.3) is 0 Å². The van der Waals surface area contributed by atoms with Gasteiger partial charge in [-0.15, -0.1) is 0 Å². The molecule has 0 spiro atoms. The van der Waals surface area contributed by atoms with Crippen LogP contribution >= 0.6 is 11.6 Å². The fourth-order valence-electron chi connectivity index (χ4n) is 3.49. The van der Waals surface area contributed by atoms with Crippen molar-refractivity contribution in [1.29, 1.82) is 0 Å². The van der Waals surface area contributed by atoms with Crippen molar-refractivity contribution in [1.82, 2.24) is 25.1 Å². The van der Waals surface area contributed by atoms with Gasteiger partial charge in [-0.05, 0) is 42.7 Å². The Hall–Kier alpha value is -4.19. The summed E-state index contributed by atoms with van der Waals surface area (Å²) in [6.45, 7) is 5.98. The second-order valence-corrected chi connectivity index (χ2v) is 9.20. The minimum Gasteiger partial charge on any atom is -0.325 e. The van der Waals surface area contributed by atoms with Crippen molar-refractivity contribution in [3.05, 3.63) is 82.0 Å².